The summed E-state index contributed by atoms with van der Waals surface area (Å²) < 4.78 is 31.0. The first-order valence-electron chi connectivity index (χ1n) is 7.52. The zero-order valence-corrected chi connectivity index (χ0v) is 15.8. The van der Waals surface area contributed by atoms with Gasteiger partial charge in [-0.15, -0.1) is 12.4 Å². The highest BCUT2D eigenvalue weighted by Crippen LogP contribution is 2.16. The minimum atomic E-state index is -3.77. The van der Waals surface area contributed by atoms with E-state index in [1.54, 1.807) is 24.3 Å². The molecule has 0 radical (unpaired) electrons. The van der Waals surface area contributed by atoms with Crippen molar-refractivity contribution in [1.82, 2.24) is 9.29 Å². The summed E-state index contributed by atoms with van der Waals surface area (Å²) in [5.41, 5.74) is 5.90. The molecule has 0 saturated heterocycles. The largest absolute Gasteiger partial charge is 0.492 e. The Kier molecular flexibility index (Phi) is 8.46. The summed E-state index contributed by atoms with van der Waals surface area (Å²) in [5, 5.41) is 2.64. The van der Waals surface area contributed by atoms with Gasteiger partial charge in [0.05, 0.1) is 6.54 Å². The predicted molar refractivity (Wildman–Crippen MR) is 101 cm³/mol. The van der Waals surface area contributed by atoms with Gasteiger partial charge in [0.25, 0.3) is 0 Å². The van der Waals surface area contributed by atoms with Crippen LogP contribution in [0.3, 0.4) is 0 Å². The summed E-state index contributed by atoms with van der Waals surface area (Å²) in [6, 6.07) is 9.67. The zero-order chi connectivity index (χ0) is 18.3. The number of benzene rings is 1. The third-order valence-electron chi connectivity index (χ3n) is 3.23. The molecule has 10 heteroatoms. The van der Waals surface area contributed by atoms with Gasteiger partial charge in [0, 0.05) is 31.7 Å². The molecule has 8 nitrogen and oxygen atoms in total. The number of amides is 1. The molecule has 0 aliphatic heterocycles. The fraction of sp³-hybridized carbons (Fsp3) is 0.250. The lowest BCUT2D eigenvalue weighted by Crippen LogP contribution is -2.35. The van der Waals surface area contributed by atoms with Gasteiger partial charge in [0.15, 0.2) is 0 Å². The molecule has 0 spiro atoms. The Bertz CT molecular complexity index is 801. The van der Waals surface area contributed by atoms with Gasteiger partial charge in [-0.2, -0.15) is 4.31 Å². The van der Waals surface area contributed by atoms with E-state index in [1.165, 1.54) is 31.6 Å². The number of halogens is 1. The van der Waals surface area contributed by atoms with Gasteiger partial charge in [0.2, 0.25) is 15.9 Å². The minimum Gasteiger partial charge on any atom is -0.492 e. The lowest BCUT2D eigenvalue weighted by atomic mass is 10.3. The van der Waals surface area contributed by atoms with Crippen LogP contribution in [0.15, 0.2) is 53.7 Å². The van der Waals surface area contributed by atoms with Crippen LogP contribution >= 0.6 is 12.4 Å². The molecule has 0 fully saturated rings. The summed E-state index contributed by atoms with van der Waals surface area (Å²) in [6.45, 7) is 0.502. The van der Waals surface area contributed by atoms with Crippen LogP contribution in [0.5, 0.6) is 5.75 Å². The number of carbonyl (C=O) groups is 1. The molecular formula is C16H21ClN4O4S. The second-order valence-electron chi connectivity index (χ2n) is 5.16. The Morgan fingerprint density at radius 2 is 1.96 bits per heavy atom. The fourth-order valence-electron chi connectivity index (χ4n) is 1.98. The smallest absolute Gasteiger partial charge is 0.244 e. The third kappa shape index (κ3) is 5.95. The van der Waals surface area contributed by atoms with Crippen molar-refractivity contribution in [1.29, 1.82) is 0 Å². The highest BCUT2D eigenvalue weighted by atomic mass is 35.5. The van der Waals surface area contributed by atoms with Gasteiger partial charge in [-0.05, 0) is 36.4 Å². The van der Waals surface area contributed by atoms with Gasteiger partial charge < -0.3 is 15.8 Å². The molecule has 1 heterocycles. The normalized spacial score (nSPS) is 10.9. The van der Waals surface area contributed by atoms with Crippen LogP contribution in [0.25, 0.3) is 0 Å². The molecule has 0 aliphatic carbocycles. The summed E-state index contributed by atoms with van der Waals surface area (Å²) >= 11 is 0. The number of hydrogen-bond donors (Lipinski definition) is 2. The van der Waals surface area contributed by atoms with Crippen molar-refractivity contribution in [2.24, 2.45) is 5.73 Å². The number of nitrogens with one attached hydrogen (secondary N) is 1. The number of nitrogens with zero attached hydrogens (tertiary/aromatic N) is 2. The average molecular weight is 401 g/mol. The van der Waals surface area contributed by atoms with E-state index in [-0.39, 0.29) is 23.8 Å². The molecule has 2 rings (SSSR count). The molecule has 2 aromatic rings. The van der Waals surface area contributed by atoms with E-state index in [1.807, 2.05) is 0 Å². The summed E-state index contributed by atoms with van der Waals surface area (Å²) in [6.07, 6.45) is 2.72. The number of aromatic nitrogens is 1. The molecule has 1 aromatic heterocycles. The first kappa shape index (κ1) is 21.8. The number of likely N-dealkylation sites (N-methyl/N-ethyl adjacent to an activating group) is 1. The molecule has 0 bridgehead atoms. The van der Waals surface area contributed by atoms with Crippen molar-refractivity contribution in [3.63, 3.8) is 0 Å². The molecule has 3 N–H and O–H groups in total. The van der Waals surface area contributed by atoms with Gasteiger partial charge in [-0.25, -0.2) is 8.42 Å². The van der Waals surface area contributed by atoms with E-state index in [0.29, 0.717) is 24.6 Å². The van der Waals surface area contributed by atoms with Gasteiger partial charge >= 0.3 is 0 Å². The number of nitrogens with two attached hydrogens (primary N) is 1. The van der Waals surface area contributed by atoms with E-state index in [2.05, 4.69) is 10.3 Å². The maximum atomic E-state index is 12.3. The Morgan fingerprint density at radius 3 is 2.54 bits per heavy atom. The molecule has 142 valence electrons. The van der Waals surface area contributed by atoms with Gasteiger partial charge in [-0.1, -0.05) is 0 Å². The standard InChI is InChI=1S/C16H20N4O4S.ClH/c1-20(25(22,23)15-3-2-9-18-11-15)12-16(21)19-13-4-6-14(7-5-13)24-10-8-17;/h2-7,9,11H,8,10,12,17H2,1H3,(H,19,21);1H. The first-order chi connectivity index (χ1) is 11.9. The zero-order valence-electron chi connectivity index (χ0n) is 14.2. The molecule has 1 amide bonds. The maximum absolute atomic E-state index is 12.3. The van der Waals surface area contributed by atoms with E-state index in [0.717, 1.165) is 4.31 Å². The molecule has 0 saturated carbocycles. The quantitative estimate of drug-likeness (QED) is 0.685. The third-order valence-corrected chi connectivity index (χ3v) is 5.02. The van der Waals surface area contributed by atoms with Crippen molar-refractivity contribution in [2.45, 2.75) is 4.90 Å². The summed E-state index contributed by atoms with van der Waals surface area (Å²) in [7, 11) is -2.43. The summed E-state index contributed by atoms with van der Waals surface area (Å²) in [5.74, 6) is 0.185. The average Bonchev–Trinajstić information content (AvgIpc) is 2.61. The number of anilines is 1. The van der Waals surface area contributed by atoms with Gasteiger partial charge in [-0.3, -0.25) is 9.78 Å². The van der Waals surface area contributed by atoms with Crippen LogP contribution < -0.4 is 15.8 Å². The minimum absolute atomic E-state index is 0. The van der Waals surface area contributed by atoms with Crippen LogP contribution in [0.4, 0.5) is 5.69 Å². The number of rotatable bonds is 8. The predicted octanol–water partition coefficient (Wildman–Crippen LogP) is 1.10. The number of carbonyl (C=O) groups excluding carboxylic acids is 1. The second-order valence-corrected chi connectivity index (χ2v) is 7.20. The van der Waals surface area contributed by atoms with Crippen LogP contribution in [0, 0.1) is 0 Å². The topological polar surface area (TPSA) is 115 Å². The van der Waals surface area contributed by atoms with Crippen molar-refractivity contribution in [2.75, 3.05) is 32.1 Å². The molecule has 26 heavy (non-hydrogen) atoms. The monoisotopic (exact) mass is 400 g/mol. The number of pyridine rings is 1. The Morgan fingerprint density at radius 1 is 1.27 bits per heavy atom. The van der Waals surface area contributed by atoms with E-state index in [4.69, 9.17) is 10.5 Å². The maximum Gasteiger partial charge on any atom is 0.244 e. The molecule has 0 unspecified atom stereocenters. The second kappa shape index (κ2) is 10.1. The molecule has 1 aromatic carbocycles. The van der Waals surface area contributed by atoms with Gasteiger partial charge in [0.1, 0.15) is 17.3 Å². The Balaban J connectivity index is 0.00000338. The van der Waals surface area contributed by atoms with E-state index >= 15 is 0 Å². The molecule has 0 aliphatic rings. The Hall–Kier alpha value is -2.20. The van der Waals surface area contributed by atoms with E-state index < -0.39 is 15.9 Å². The summed E-state index contributed by atoms with van der Waals surface area (Å²) in [4.78, 5) is 15.9. The highest BCUT2D eigenvalue weighted by Gasteiger charge is 2.23. The molecule has 0 atom stereocenters. The van der Waals surface area contributed by atoms with Crippen molar-refractivity contribution < 1.29 is 17.9 Å². The lowest BCUT2D eigenvalue weighted by molar-refractivity contribution is -0.116. The van der Waals surface area contributed by atoms with Crippen molar-refractivity contribution in [3.8, 4) is 5.75 Å². The SMILES string of the molecule is CN(CC(=O)Nc1ccc(OCCN)cc1)S(=O)(=O)c1cccnc1.Cl. The number of ether oxygens (including phenoxy) is 1. The number of hydrogen-bond acceptors (Lipinski definition) is 6. The van der Waals surface area contributed by atoms with Crippen LogP contribution in [-0.4, -0.2) is 50.4 Å². The Labute approximate surface area is 158 Å². The molecular weight excluding hydrogens is 380 g/mol. The van der Waals surface area contributed by atoms with Crippen LogP contribution in [0.1, 0.15) is 0 Å². The van der Waals surface area contributed by atoms with Crippen molar-refractivity contribution >= 4 is 34.0 Å². The first-order valence-corrected chi connectivity index (χ1v) is 8.96. The van der Waals surface area contributed by atoms with E-state index in [9.17, 15) is 13.2 Å². The lowest BCUT2D eigenvalue weighted by Gasteiger charge is -2.16. The van der Waals surface area contributed by atoms with Crippen LogP contribution in [0.2, 0.25) is 0 Å². The van der Waals surface area contributed by atoms with Crippen LogP contribution in [-0.2, 0) is 14.8 Å². The number of sulfonamides is 1. The fourth-order valence-corrected chi connectivity index (χ4v) is 3.07. The highest BCUT2D eigenvalue weighted by molar-refractivity contribution is 7.89. The van der Waals surface area contributed by atoms with Crippen molar-refractivity contribution in [3.05, 3.63) is 48.8 Å².